The minimum atomic E-state index is 0.0293. The van der Waals surface area contributed by atoms with Gasteiger partial charge in [-0.25, -0.2) is 0 Å². The van der Waals surface area contributed by atoms with Gasteiger partial charge in [0.15, 0.2) is 0 Å². The number of rotatable bonds is 3. The van der Waals surface area contributed by atoms with Gasteiger partial charge < -0.3 is 0 Å². The van der Waals surface area contributed by atoms with Crippen LogP contribution in [0.15, 0.2) is 0 Å². The van der Waals surface area contributed by atoms with Crippen LogP contribution in [0.1, 0.15) is 13.8 Å². The summed E-state index contributed by atoms with van der Waals surface area (Å²) in [6.45, 7) is 4.76. The zero-order valence-corrected chi connectivity index (χ0v) is 10.3. The SMILES string of the molecule is CC[SiH](CC)[SiH2][SiH3]. The van der Waals surface area contributed by atoms with Crippen molar-refractivity contribution in [3.05, 3.63) is 0 Å². The van der Waals surface area contributed by atoms with Crippen molar-refractivity contribution in [3.8, 4) is 0 Å². The van der Waals surface area contributed by atoms with Crippen molar-refractivity contribution in [2.24, 2.45) is 0 Å². The van der Waals surface area contributed by atoms with Crippen LogP contribution in [-0.4, -0.2) is 26.6 Å². The van der Waals surface area contributed by atoms with E-state index in [1.165, 1.54) is 0 Å². The molecule has 0 heterocycles. The van der Waals surface area contributed by atoms with Gasteiger partial charge >= 0.3 is 0 Å². The molecule has 0 rings (SSSR count). The smallest absolute Gasteiger partial charge is 0.0201 e. The van der Waals surface area contributed by atoms with Gasteiger partial charge in [-0.3, -0.25) is 0 Å². The van der Waals surface area contributed by atoms with Gasteiger partial charge in [0, 0.05) is 8.31 Å². The lowest BCUT2D eigenvalue weighted by Crippen LogP contribution is -2.19. The zero-order valence-electron chi connectivity index (χ0n) is 5.70. The Morgan fingerprint density at radius 3 is 1.86 bits per heavy atom. The van der Waals surface area contributed by atoms with Crippen LogP contribution in [0.2, 0.25) is 12.1 Å². The molecule has 0 fully saturated rings. The van der Waals surface area contributed by atoms with Crippen LogP contribution in [0.4, 0.5) is 0 Å². The van der Waals surface area contributed by atoms with Crippen molar-refractivity contribution >= 4 is 26.6 Å². The van der Waals surface area contributed by atoms with E-state index in [9.17, 15) is 0 Å². The minimum Gasteiger partial charge on any atom is -0.0683 e. The Kier molecular flexibility index (Phi) is 5.25. The Morgan fingerprint density at radius 1 is 1.43 bits per heavy atom. The standard InChI is InChI=1S/C4H16Si3/c1-3-7(4-2)6-5/h7H,3-4,6H2,1-2,5H3. The molecule has 7 heavy (non-hydrogen) atoms. The van der Waals surface area contributed by atoms with Crippen molar-refractivity contribution in [2.45, 2.75) is 25.9 Å². The maximum Gasteiger partial charge on any atom is 0.0201 e. The molecule has 0 aromatic heterocycles. The van der Waals surface area contributed by atoms with Gasteiger partial charge in [0.25, 0.3) is 0 Å². The molecule has 0 bridgehead atoms. The Bertz CT molecular complexity index is 28.4. The molecule has 0 nitrogen and oxygen atoms in total. The summed E-state index contributed by atoms with van der Waals surface area (Å²) in [5.41, 5.74) is 0. The van der Waals surface area contributed by atoms with Gasteiger partial charge in [-0.15, -0.1) is 0 Å². The van der Waals surface area contributed by atoms with Crippen LogP contribution in [0.5, 0.6) is 0 Å². The molecule has 0 aromatic carbocycles. The summed E-state index contributed by atoms with van der Waals surface area (Å²) in [5, 5.41) is 0. The van der Waals surface area contributed by atoms with Crippen LogP contribution in [0, 0.1) is 0 Å². The molecule has 0 saturated carbocycles. The van der Waals surface area contributed by atoms with Gasteiger partial charge in [-0.2, -0.15) is 0 Å². The summed E-state index contributed by atoms with van der Waals surface area (Å²) in [6, 6.07) is 3.18. The van der Waals surface area contributed by atoms with E-state index in [0.29, 0.717) is 8.55 Å². The molecule has 0 amide bonds. The molecule has 0 aromatic rings. The third-order valence-electron chi connectivity index (χ3n) is 1.73. The van der Waals surface area contributed by atoms with Crippen LogP contribution < -0.4 is 0 Å². The summed E-state index contributed by atoms with van der Waals surface area (Å²) in [5.74, 6) is 0. The second kappa shape index (κ2) is 4.80. The van der Waals surface area contributed by atoms with Crippen LogP contribution in [0.25, 0.3) is 0 Å². The lowest BCUT2D eigenvalue weighted by Gasteiger charge is -2.02. The van der Waals surface area contributed by atoms with Gasteiger partial charge in [0.05, 0.1) is 0 Å². The second-order valence-corrected chi connectivity index (χ2v) is 19.5. The number of hydrogen-bond donors (Lipinski definition) is 0. The van der Waals surface area contributed by atoms with E-state index in [2.05, 4.69) is 13.8 Å². The van der Waals surface area contributed by atoms with E-state index >= 15 is 0 Å². The first kappa shape index (κ1) is 7.65. The van der Waals surface area contributed by atoms with Crippen LogP contribution in [0.3, 0.4) is 0 Å². The molecule has 0 aliphatic carbocycles. The van der Waals surface area contributed by atoms with E-state index in [0.717, 1.165) is 0 Å². The third-order valence-corrected chi connectivity index (χ3v) is 22.5. The van der Waals surface area contributed by atoms with Crippen molar-refractivity contribution in [3.63, 3.8) is 0 Å². The third kappa shape index (κ3) is 3.25. The highest BCUT2D eigenvalue weighted by Crippen LogP contribution is 1.92. The average molecular weight is 148 g/mol. The van der Waals surface area contributed by atoms with E-state index in [1.807, 2.05) is 0 Å². The maximum absolute atomic E-state index is 2.38. The Morgan fingerprint density at radius 2 is 1.86 bits per heavy atom. The van der Waals surface area contributed by atoms with Crippen molar-refractivity contribution < 1.29 is 0 Å². The first-order chi connectivity index (χ1) is 3.35. The molecule has 0 aliphatic heterocycles. The fourth-order valence-corrected chi connectivity index (χ4v) is 16.5. The van der Waals surface area contributed by atoms with Crippen molar-refractivity contribution in [1.29, 1.82) is 0 Å². The van der Waals surface area contributed by atoms with Gasteiger partial charge in [-0.1, -0.05) is 25.9 Å². The molecule has 0 spiro atoms. The fourth-order valence-electron chi connectivity index (χ4n) is 0.866. The lowest BCUT2D eigenvalue weighted by molar-refractivity contribution is 1.35. The largest absolute Gasteiger partial charge is 0.0683 e. The number of hydrogen-bond acceptors (Lipinski definition) is 0. The second-order valence-electron chi connectivity index (χ2n) is 2.09. The Hall–Kier alpha value is 0.651. The Balaban J connectivity index is 2.99. The summed E-state index contributed by atoms with van der Waals surface area (Å²) in [7, 11) is 2.23. The summed E-state index contributed by atoms with van der Waals surface area (Å²) in [4.78, 5) is 0. The van der Waals surface area contributed by atoms with E-state index in [4.69, 9.17) is 0 Å². The summed E-state index contributed by atoms with van der Waals surface area (Å²) < 4.78 is 0. The van der Waals surface area contributed by atoms with Gasteiger partial charge in [0.1, 0.15) is 0 Å². The molecule has 0 atom stereocenters. The molecule has 0 saturated heterocycles. The monoisotopic (exact) mass is 148 g/mol. The first-order valence-electron chi connectivity index (χ1n) is 3.35. The van der Waals surface area contributed by atoms with Crippen LogP contribution >= 0.6 is 0 Å². The van der Waals surface area contributed by atoms with Gasteiger partial charge in [-0.05, 0) is 18.3 Å². The quantitative estimate of drug-likeness (QED) is 0.460. The topological polar surface area (TPSA) is 0 Å². The summed E-state index contributed by atoms with van der Waals surface area (Å²) in [6.07, 6.45) is 0. The molecular weight excluding hydrogens is 132 g/mol. The maximum atomic E-state index is 2.38. The lowest BCUT2D eigenvalue weighted by atomic mass is 11.0. The normalized spacial score (nSPS) is 12.4. The zero-order chi connectivity index (χ0) is 5.70. The molecule has 0 N–H and O–H groups in total. The molecule has 0 radical (unpaired) electrons. The minimum absolute atomic E-state index is 0.0293. The van der Waals surface area contributed by atoms with Crippen molar-refractivity contribution in [1.82, 2.24) is 0 Å². The Labute approximate surface area is 53.1 Å². The van der Waals surface area contributed by atoms with E-state index in [1.54, 1.807) is 21.8 Å². The average Bonchev–Trinajstić information content (AvgIpc) is 1.72. The highest BCUT2D eigenvalue weighted by Gasteiger charge is 1.98. The van der Waals surface area contributed by atoms with E-state index in [-0.39, 0.29) is 8.31 Å². The molecular formula is C4H16Si3. The first-order valence-corrected chi connectivity index (χ1v) is 13.9. The predicted octanol–water partition coefficient (Wildman–Crippen LogP) is -0.801. The molecule has 0 aliphatic rings. The highest BCUT2D eigenvalue weighted by molar-refractivity contribution is 7.31. The molecule has 44 valence electrons. The molecule has 3 heteroatoms. The fraction of sp³-hybridized carbons (Fsp3) is 1.00. The van der Waals surface area contributed by atoms with Crippen LogP contribution in [-0.2, 0) is 0 Å². The predicted molar refractivity (Wildman–Crippen MR) is 46.6 cm³/mol. The highest BCUT2D eigenvalue weighted by atomic mass is 29.5. The summed E-state index contributed by atoms with van der Waals surface area (Å²) >= 11 is 0. The van der Waals surface area contributed by atoms with E-state index < -0.39 is 0 Å². The molecule has 0 unspecified atom stereocenters. The van der Waals surface area contributed by atoms with Crippen molar-refractivity contribution in [2.75, 3.05) is 0 Å². The van der Waals surface area contributed by atoms with Gasteiger partial charge in [0.2, 0.25) is 0 Å².